The largest absolute Gasteiger partial charge is 0.389 e. The number of ether oxygens (including phenoxy) is 1. The Morgan fingerprint density at radius 2 is 1.86 bits per heavy atom. The number of carbonyl (C=O) groups excluding carboxylic acids is 1. The van der Waals surface area contributed by atoms with E-state index in [4.69, 9.17) is 21.8 Å². The van der Waals surface area contributed by atoms with Crippen LogP contribution < -0.4 is 21.8 Å². The highest BCUT2D eigenvalue weighted by atomic mass is 32.1. The lowest BCUT2D eigenvalue weighted by molar-refractivity contribution is -0.117. The monoisotopic (exact) mass is 493 g/mol. The maximum atomic E-state index is 11.8. The van der Waals surface area contributed by atoms with Gasteiger partial charge in [-0.15, -0.1) is 11.3 Å². The summed E-state index contributed by atoms with van der Waals surface area (Å²) in [7, 11) is 0. The molecule has 35 heavy (non-hydrogen) atoms. The van der Waals surface area contributed by atoms with E-state index in [1.165, 1.54) is 0 Å². The molecule has 182 valence electrons. The zero-order valence-electron chi connectivity index (χ0n) is 19.2. The van der Waals surface area contributed by atoms with Crippen molar-refractivity contribution in [2.75, 3.05) is 36.5 Å². The predicted octanol–water partition coefficient (Wildman–Crippen LogP) is 2.26. The SMILES string of the molecule is Cc1nc(C(=N)ON)c(N2CCOCC2)s1.NC1N=C(c2ccccc2)c2ccccc2NC1=O. The number of thiazole rings is 1. The lowest BCUT2D eigenvalue weighted by Gasteiger charge is -2.27. The van der Waals surface area contributed by atoms with Crippen LogP contribution in [0.5, 0.6) is 0 Å². The van der Waals surface area contributed by atoms with E-state index < -0.39 is 6.17 Å². The molecule has 1 amide bonds. The number of aromatic nitrogens is 1. The molecule has 0 bridgehead atoms. The molecule has 1 unspecified atom stereocenters. The number of morpholine rings is 1. The van der Waals surface area contributed by atoms with Crippen molar-refractivity contribution >= 4 is 39.5 Å². The minimum Gasteiger partial charge on any atom is -0.389 e. The summed E-state index contributed by atoms with van der Waals surface area (Å²) in [4.78, 5) is 27.0. The van der Waals surface area contributed by atoms with E-state index >= 15 is 0 Å². The number of benzodiazepines with no additional fused rings is 1. The second-order valence-corrected chi connectivity index (χ2v) is 8.94. The van der Waals surface area contributed by atoms with Gasteiger partial charge >= 0.3 is 0 Å². The van der Waals surface area contributed by atoms with Crippen LogP contribution >= 0.6 is 11.3 Å². The molecule has 0 aliphatic carbocycles. The molecule has 1 aromatic heterocycles. The average molecular weight is 494 g/mol. The molecule has 0 saturated carbocycles. The van der Waals surface area contributed by atoms with Crippen molar-refractivity contribution in [3.63, 3.8) is 0 Å². The molecule has 2 aliphatic heterocycles. The summed E-state index contributed by atoms with van der Waals surface area (Å²) in [6, 6.07) is 17.3. The molecule has 1 saturated heterocycles. The fourth-order valence-electron chi connectivity index (χ4n) is 3.70. The minimum atomic E-state index is -0.886. The number of aliphatic imine (C=N–C) groups is 1. The van der Waals surface area contributed by atoms with E-state index in [1.807, 2.05) is 61.5 Å². The zero-order valence-corrected chi connectivity index (χ0v) is 20.0. The molecule has 11 heteroatoms. The van der Waals surface area contributed by atoms with Crippen molar-refractivity contribution in [1.82, 2.24) is 4.98 Å². The van der Waals surface area contributed by atoms with Crippen LogP contribution in [0.3, 0.4) is 0 Å². The van der Waals surface area contributed by atoms with Crippen LogP contribution in [-0.2, 0) is 14.4 Å². The maximum absolute atomic E-state index is 11.8. The van der Waals surface area contributed by atoms with Crippen LogP contribution in [0, 0.1) is 12.3 Å². The van der Waals surface area contributed by atoms with Gasteiger partial charge in [0.25, 0.3) is 11.8 Å². The van der Waals surface area contributed by atoms with Gasteiger partial charge in [0, 0.05) is 24.2 Å². The number of amides is 1. The van der Waals surface area contributed by atoms with Crippen LogP contribution in [-0.4, -0.2) is 55.0 Å². The number of para-hydroxylation sites is 1. The number of carbonyl (C=O) groups is 1. The van der Waals surface area contributed by atoms with Crippen molar-refractivity contribution in [1.29, 1.82) is 5.41 Å². The van der Waals surface area contributed by atoms with Gasteiger partial charge in [-0.05, 0) is 13.0 Å². The van der Waals surface area contributed by atoms with Gasteiger partial charge in [-0.25, -0.2) is 4.98 Å². The summed E-state index contributed by atoms with van der Waals surface area (Å²) >= 11 is 1.55. The van der Waals surface area contributed by atoms with Gasteiger partial charge in [-0.3, -0.25) is 15.2 Å². The van der Waals surface area contributed by atoms with Gasteiger partial charge in [-0.1, -0.05) is 48.5 Å². The molecule has 3 aromatic rings. The molecule has 2 aromatic carbocycles. The van der Waals surface area contributed by atoms with Crippen LogP contribution in [0.2, 0.25) is 0 Å². The van der Waals surface area contributed by atoms with E-state index in [9.17, 15) is 4.79 Å². The fourth-order valence-corrected chi connectivity index (χ4v) is 4.66. The smallest absolute Gasteiger partial charge is 0.263 e. The molecule has 1 fully saturated rings. The summed E-state index contributed by atoms with van der Waals surface area (Å²) in [5.74, 6) is 4.62. The minimum absolute atomic E-state index is 0.0918. The molecule has 5 rings (SSSR count). The number of benzene rings is 2. The Morgan fingerprint density at radius 3 is 2.57 bits per heavy atom. The normalized spacial score (nSPS) is 17.2. The van der Waals surface area contributed by atoms with E-state index in [1.54, 1.807) is 11.3 Å². The predicted molar refractivity (Wildman–Crippen MR) is 137 cm³/mol. The first-order valence-corrected chi connectivity index (χ1v) is 11.8. The van der Waals surface area contributed by atoms with Crippen LogP contribution in [0.15, 0.2) is 59.6 Å². The highest BCUT2D eigenvalue weighted by molar-refractivity contribution is 7.16. The van der Waals surface area contributed by atoms with Crippen LogP contribution in [0.25, 0.3) is 0 Å². The number of hydrogen-bond acceptors (Lipinski definition) is 10. The third kappa shape index (κ3) is 5.72. The Kier molecular flexibility index (Phi) is 7.83. The molecule has 2 aliphatic rings. The third-order valence-corrected chi connectivity index (χ3v) is 6.40. The Morgan fingerprint density at radius 1 is 1.17 bits per heavy atom. The first-order valence-electron chi connectivity index (χ1n) is 11.0. The Labute approximate surface area is 207 Å². The molecule has 10 nitrogen and oxygen atoms in total. The first-order chi connectivity index (χ1) is 17.0. The lowest BCUT2D eigenvalue weighted by Crippen LogP contribution is -2.36. The maximum Gasteiger partial charge on any atom is 0.263 e. The standard InChI is InChI=1S/C15H13N3O.C9H14N4O2S/c16-14-15(19)17-12-9-5-4-8-11(12)13(18-14)10-6-2-1-3-7-10;1-6-12-7(8(10)15-11)9(16-6)13-2-4-14-5-3-13/h1-9,14H,16H2,(H,17,19);10H,2-5,11H2,1H3. The van der Waals surface area contributed by atoms with Crippen molar-refractivity contribution < 1.29 is 14.4 Å². The van der Waals surface area contributed by atoms with Gasteiger partial charge in [0.1, 0.15) is 5.00 Å². The van der Waals surface area contributed by atoms with Crippen molar-refractivity contribution in [2.24, 2.45) is 16.6 Å². The third-order valence-electron chi connectivity index (χ3n) is 5.37. The van der Waals surface area contributed by atoms with Crippen molar-refractivity contribution in [2.45, 2.75) is 13.1 Å². The molecule has 0 spiro atoms. The van der Waals surface area contributed by atoms with Crippen molar-refractivity contribution in [3.8, 4) is 0 Å². The molecule has 0 radical (unpaired) electrons. The summed E-state index contributed by atoms with van der Waals surface area (Å²) in [5.41, 5.74) is 9.61. The number of anilines is 2. The lowest BCUT2D eigenvalue weighted by atomic mass is 10.0. The van der Waals surface area contributed by atoms with E-state index in [0.29, 0.717) is 18.9 Å². The fraction of sp³-hybridized carbons (Fsp3) is 0.250. The molecule has 1 atom stereocenters. The number of fused-ring (bicyclic) bond motifs is 1. The number of nitrogens with two attached hydrogens (primary N) is 2. The van der Waals surface area contributed by atoms with Gasteiger partial charge in [0.15, 0.2) is 11.9 Å². The van der Waals surface area contributed by atoms with Gasteiger partial charge in [0.05, 0.1) is 29.6 Å². The van der Waals surface area contributed by atoms with Gasteiger partial charge in [-0.2, -0.15) is 5.90 Å². The molecule has 6 N–H and O–H groups in total. The number of rotatable bonds is 3. The number of nitrogens with one attached hydrogen (secondary N) is 2. The topological polar surface area (TPSA) is 152 Å². The summed E-state index contributed by atoms with van der Waals surface area (Å²) in [6.07, 6.45) is -0.886. The number of nitrogens with zero attached hydrogens (tertiary/aromatic N) is 3. The first kappa shape index (κ1) is 24.5. The average Bonchev–Trinajstić information content (AvgIpc) is 3.24. The quantitative estimate of drug-likeness (QED) is 0.248. The zero-order chi connectivity index (χ0) is 24.8. The molecular formula is C24H27N7O3S. The second kappa shape index (κ2) is 11.2. The summed E-state index contributed by atoms with van der Waals surface area (Å²) in [5, 5.41) is 12.2. The van der Waals surface area contributed by atoms with E-state index in [-0.39, 0.29) is 11.8 Å². The second-order valence-electron chi connectivity index (χ2n) is 7.76. The number of aryl methyl sites for hydroxylation is 1. The molecule has 3 heterocycles. The number of hydrogen-bond donors (Lipinski definition) is 4. The Balaban J connectivity index is 0.000000168. The summed E-state index contributed by atoms with van der Waals surface area (Å²) in [6.45, 7) is 4.93. The Hall–Kier alpha value is -3.64. The van der Waals surface area contributed by atoms with E-state index in [2.05, 4.69) is 25.0 Å². The summed E-state index contributed by atoms with van der Waals surface area (Å²) < 4.78 is 5.29. The van der Waals surface area contributed by atoms with Gasteiger partial charge in [0.2, 0.25) is 0 Å². The van der Waals surface area contributed by atoms with Gasteiger partial charge < -0.3 is 25.5 Å². The highest BCUT2D eigenvalue weighted by Crippen LogP contribution is 2.29. The highest BCUT2D eigenvalue weighted by Gasteiger charge is 2.23. The Bertz CT molecular complexity index is 1220. The van der Waals surface area contributed by atoms with Crippen LogP contribution in [0.4, 0.5) is 10.7 Å². The van der Waals surface area contributed by atoms with E-state index in [0.717, 1.165) is 45.6 Å². The van der Waals surface area contributed by atoms with Crippen molar-refractivity contribution in [3.05, 3.63) is 76.4 Å². The molecular weight excluding hydrogens is 466 g/mol. The van der Waals surface area contributed by atoms with Crippen LogP contribution in [0.1, 0.15) is 21.8 Å².